The molecule has 0 aliphatic carbocycles. The van der Waals surface area contributed by atoms with E-state index >= 15 is 0 Å². The predicted octanol–water partition coefficient (Wildman–Crippen LogP) is 4.69. The Morgan fingerprint density at radius 1 is 0.955 bits per heavy atom. The van der Waals surface area contributed by atoms with Gasteiger partial charge in [-0.05, 0) is 43.2 Å². The summed E-state index contributed by atoms with van der Waals surface area (Å²) in [4.78, 5) is 0. The minimum atomic E-state index is 0.696. The van der Waals surface area contributed by atoms with E-state index in [1.165, 1.54) is 22.5 Å². The van der Waals surface area contributed by atoms with E-state index in [0.717, 1.165) is 12.1 Å². The van der Waals surface area contributed by atoms with Crippen LogP contribution in [-0.4, -0.2) is 4.57 Å². The average molecular weight is 286 g/mol. The van der Waals surface area contributed by atoms with Gasteiger partial charge in [-0.3, -0.25) is 0 Å². The van der Waals surface area contributed by atoms with Crippen molar-refractivity contribution in [2.75, 3.05) is 0 Å². The molecule has 0 radical (unpaired) electrons. The topological polar surface area (TPSA) is 28.7 Å². The Morgan fingerprint density at radius 3 is 2.27 bits per heavy atom. The smallest absolute Gasteiger partial charge is 0.0991 e. The third-order valence-corrected chi connectivity index (χ3v) is 4.08. The molecule has 0 N–H and O–H groups in total. The van der Waals surface area contributed by atoms with Gasteiger partial charge < -0.3 is 4.57 Å². The molecule has 2 nitrogen and oxygen atoms in total. The molecule has 0 amide bonds. The average Bonchev–Trinajstić information content (AvgIpc) is 2.84. The SMILES string of the molecule is Cc1cc(-c2ccc(C#N)cc2)c(C)n1Cc1ccccc1. The summed E-state index contributed by atoms with van der Waals surface area (Å²) in [6, 6.07) is 22.7. The van der Waals surface area contributed by atoms with Crippen molar-refractivity contribution >= 4 is 0 Å². The molecule has 2 aromatic carbocycles. The first-order valence-electron chi connectivity index (χ1n) is 7.40. The Bertz CT molecular complexity index is 819. The van der Waals surface area contributed by atoms with Crippen LogP contribution in [0.1, 0.15) is 22.5 Å². The molecule has 3 rings (SSSR count). The van der Waals surface area contributed by atoms with Crippen LogP contribution in [0.25, 0.3) is 11.1 Å². The van der Waals surface area contributed by atoms with E-state index in [9.17, 15) is 0 Å². The molecule has 0 fully saturated rings. The maximum atomic E-state index is 8.91. The first-order chi connectivity index (χ1) is 10.7. The summed E-state index contributed by atoms with van der Waals surface area (Å²) in [5.74, 6) is 0. The zero-order chi connectivity index (χ0) is 15.5. The van der Waals surface area contributed by atoms with Gasteiger partial charge in [-0.1, -0.05) is 42.5 Å². The van der Waals surface area contributed by atoms with Gasteiger partial charge in [-0.25, -0.2) is 0 Å². The van der Waals surface area contributed by atoms with Crippen molar-refractivity contribution in [3.8, 4) is 17.2 Å². The molecule has 22 heavy (non-hydrogen) atoms. The van der Waals surface area contributed by atoms with Gasteiger partial charge in [-0.2, -0.15) is 5.26 Å². The molecule has 0 aliphatic rings. The van der Waals surface area contributed by atoms with Crippen LogP contribution < -0.4 is 0 Å². The van der Waals surface area contributed by atoms with E-state index in [1.807, 2.05) is 30.3 Å². The number of hydrogen-bond acceptors (Lipinski definition) is 1. The van der Waals surface area contributed by atoms with Crippen molar-refractivity contribution in [3.05, 3.63) is 83.2 Å². The minimum absolute atomic E-state index is 0.696. The van der Waals surface area contributed by atoms with Gasteiger partial charge in [0.2, 0.25) is 0 Å². The van der Waals surface area contributed by atoms with Gasteiger partial charge in [0.1, 0.15) is 0 Å². The van der Waals surface area contributed by atoms with Crippen LogP contribution in [0.15, 0.2) is 60.7 Å². The molecule has 2 heteroatoms. The van der Waals surface area contributed by atoms with E-state index in [2.05, 4.69) is 54.8 Å². The molecule has 0 spiro atoms. The lowest BCUT2D eigenvalue weighted by Gasteiger charge is -2.10. The third kappa shape index (κ3) is 2.66. The number of aromatic nitrogens is 1. The Morgan fingerprint density at radius 2 is 1.64 bits per heavy atom. The van der Waals surface area contributed by atoms with Gasteiger partial charge in [0.25, 0.3) is 0 Å². The van der Waals surface area contributed by atoms with Crippen LogP contribution in [-0.2, 0) is 6.54 Å². The molecular formula is C20H18N2. The Kier molecular flexibility index (Phi) is 3.80. The second-order valence-electron chi connectivity index (χ2n) is 5.55. The zero-order valence-corrected chi connectivity index (χ0v) is 12.9. The molecule has 0 atom stereocenters. The van der Waals surface area contributed by atoms with Crippen molar-refractivity contribution in [1.82, 2.24) is 4.57 Å². The van der Waals surface area contributed by atoms with Crippen LogP contribution in [0.2, 0.25) is 0 Å². The van der Waals surface area contributed by atoms with Gasteiger partial charge in [0.15, 0.2) is 0 Å². The Hall–Kier alpha value is -2.79. The van der Waals surface area contributed by atoms with Crippen molar-refractivity contribution in [2.45, 2.75) is 20.4 Å². The summed E-state index contributed by atoms with van der Waals surface area (Å²) in [6.07, 6.45) is 0. The molecule has 3 aromatic rings. The van der Waals surface area contributed by atoms with E-state index in [-0.39, 0.29) is 0 Å². The van der Waals surface area contributed by atoms with Crippen LogP contribution in [0.4, 0.5) is 0 Å². The lowest BCUT2D eigenvalue weighted by atomic mass is 10.0. The van der Waals surface area contributed by atoms with Gasteiger partial charge in [-0.15, -0.1) is 0 Å². The van der Waals surface area contributed by atoms with Crippen LogP contribution in [0.5, 0.6) is 0 Å². The van der Waals surface area contributed by atoms with Crippen molar-refractivity contribution in [3.63, 3.8) is 0 Å². The van der Waals surface area contributed by atoms with Crippen LogP contribution in [0.3, 0.4) is 0 Å². The van der Waals surface area contributed by atoms with Crippen molar-refractivity contribution in [1.29, 1.82) is 5.26 Å². The maximum absolute atomic E-state index is 8.91. The lowest BCUT2D eigenvalue weighted by molar-refractivity contribution is 0.750. The molecule has 1 heterocycles. The number of aryl methyl sites for hydroxylation is 1. The summed E-state index contributed by atoms with van der Waals surface area (Å²) in [5, 5.41) is 8.91. The van der Waals surface area contributed by atoms with E-state index in [1.54, 1.807) is 0 Å². The normalized spacial score (nSPS) is 10.4. The third-order valence-electron chi connectivity index (χ3n) is 4.08. The summed E-state index contributed by atoms with van der Waals surface area (Å²) >= 11 is 0. The van der Waals surface area contributed by atoms with Crippen molar-refractivity contribution in [2.24, 2.45) is 0 Å². The standard InChI is InChI=1S/C20H18N2/c1-15-12-20(19-10-8-17(13-21)9-11-19)16(2)22(15)14-18-6-4-3-5-7-18/h3-12H,14H2,1-2H3. The van der Waals surface area contributed by atoms with E-state index < -0.39 is 0 Å². The first kappa shape index (κ1) is 14.2. The van der Waals surface area contributed by atoms with Crippen LogP contribution >= 0.6 is 0 Å². The fraction of sp³-hybridized carbons (Fsp3) is 0.150. The second kappa shape index (κ2) is 5.91. The Labute approximate surface area is 131 Å². The Balaban J connectivity index is 1.97. The van der Waals surface area contributed by atoms with Gasteiger partial charge in [0, 0.05) is 23.5 Å². The molecule has 0 aliphatic heterocycles. The van der Waals surface area contributed by atoms with Crippen LogP contribution in [0, 0.1) is 25.2 Å². The monoisotopic (exact) mass is 286 g/mol. The highest BCUT2D eigenvalue weighted by Gasteiger charge is 2.11. The fourth-order valence-electron chi connectivity index (χ4n) is 2.83. The highest BCUT2D eigenvalue weighted by atomic mass is 15.0. The number of benzene rings is 2. The molecule has 0 saturated heterocycles. The first-order valence-corrected chi connectivity index (χ1v) is 7.40. The molecule has 108 valence electrons. The highest BCUT2D eigenvalue weighted by molar-refractivity contribution is 5.68. The second-order valence-corrected chi connectivity index (χ2v) is 5.55. The summed E-state index contributed by atoms with van der Waals surface area (Å²) in [6.45, 7) is 5.18. The summed E-state index contributed by atoms with van der Waals surface area (Å²) in [5.41, 5.74) is 6.90. The van der Waals surface area contributed by atoms with E-state index in [4.69, 9.17) is 5.26 Å². The number of nitriles is 1. The minimum Gasteiger partial charge on any atom is -0.344 e. The molecule has 0 unspecified atom stereocenters. The molecule has 0 bridgehead atoms. The quantitative estimate of drug-likeness (QED) is 0.686. The molecule has 1 aromatic heterocycles. The van der Waals surface area contributed by atoms with E-state index in [0.29, 0.717) is 5.56 Å². The number of rotatable bonds is 3. The summed E-state index contributed by atoms with van der Waals surface area (Å²) < 4.78 is 2.34. The zero-order valence-electron chi connectivity index (χ0n) is 12.9. The number of nitrogens with zero attached hydrogens (tertiary/aromatic N) is 2. The fourth-order valence-corrected chi connectivity index (χ4v) is 2.83. The maximum Gasteiger partial charge on any atom is 0.0991 e. The predicted molar refractivity (Wildman–Crippen MR) is 89.6 cm³/mol. The van der Waals surface area contributed by atoms with Crippen molar-refractivity contribution < 1.29 is 0 Å². The largest absolute Gasteiger partial charge is 0.344 e. The van der Waals surface area contributed by atoms with Gasteiger partial charge in [0.05, 0.1) is 11.6 Å². The van der Waals surface area contributed by atoms with Gasteiger partial charge >= 0.3 is 0 Å². The molecular weight excluding hydrogens is 268 g/mol. The lowest BCUT2D eigenvalue weighted by Crippen LogP contribution is -2.03. The highest BCUT2D eigenvalue weighted by Crippen LogP contribution is 2.27. The number of hydrogen-bond donors (Lipinski definition) is 0. The summed E-state index contributed by atoms with van der Waals surface area (Å²) in [7, 11) is 0. The molecule has 0 saturated carbocycles.